The van der Waals surface area contributed by atoms with Crippen LogP contribution < -0.4 is 10.6 Å². The Hall–Kier alpha value is -0.650. The maximum absolute atomic E-state index is 5.86. The van der Waals surface area contributed by atoms with Gasteiger partial charge in [0.1, 0.15) is 4.99 Å². The predicted octanol–water partition coefficient (Wildman–Crippen LogP) is 3.09. The molecule has 2 rings (SSSR count). The number of ether oxygens (including phenoxy) is 1. The van der Waals surface area contributed by atoms with Crippen LogP contribution in [0.25, 0.3) is 0 Å². The van der Waals surface area contributed by atoms with E-state index in [9.17, 15) is 0 Å². The van der Waals surface area contributed by atoms with E-state index in [2.05, 4.69) is 40.7 Å². The maximum atomic E-state index is 5.86. The van der Waals surface area contributed by atoms with Gasteiger partial charge in [-0.25, -0.2) is 0 Å². The van der Waals surface area contributed by atoms with Gasteiger partial charge in [-0.3, -0.25) is 0 Å². The SMILES string of the molecule is CCC1COC(C)CN1c1ccc(Br)cc1C(N)=S. The summed E-state index contributed by atoms with van der Waals surface area (Å²) in [6.07, 6.45) is 1.27. The monoisotopic (exact) mass is 342 g/mol. The Bertz CT molecular complexity index is 481. The minimum atomic E-state index is 0.227. The summed E-state index contributed by atoms with van der Waals surface area (Å²) in [5.41, 5.74) is 7.90. The number of hydrogen-bond donors (Lipinski definition) is 1. The molecule has 2 unspecified atom stereocenters. The van der Waals surface area contributed by atoms with Gasteiger partial charge in [0.2, 0.25) is 0 Å². The maximum Gasteiger partial charge on any atom is 0.106 e. The van der Waals surface area contributed by atoms with Gasteiger partial charge in [-0.05, 0) is 31.5 Å². The van der Waals surface area contributed by atoms with Gasteiger partial charge in [-0.2, -0.15) is 0 Å². The lowest BCUT2D eigenvalue weighted by molar-refractivity contribution is 0.0299. The predicted molar refractivity (Wildman–Crippen MR) is 86.9 cm³/mol. The molecule has 0 spiro atoms. The van der Waals surface area contributed by atoms with Crippen LogP contribution in [0, 0.1) is 0 Å². The van der Waals surface area contributed by atoms with Gasteiger partial charge >= 0.3 is 0 Å². The average Bonchev–Trinajstić information content (AvgIpc) is 2.38. The first-order chi connectivity index (χ1) is 9.02. The van der Waals surface area contributed by atoms with Crippen LogP contribution in [-0.2, 0) is 4.74 Å². The van der Waals surface area contributed by atoms with Crippen LogP contribution in [0.15, 0.2) is 22.7 Å². The fourth-order valence-electron chi connectivity index (χ4n) is 2.43. The first kappa shape index (κ1) is 14.8. The molecule has 1 heterocycles. The van der Waals surface area contributed by atoms with Gasteiger partial charge in [-0.15, -0.1) is 0 Å². The van der Waals surface area contributed by atoms with Crippen LogP contribution >= 0.6 is 28.1 Å². The van der Waals surface area contributed by atoms with Crippen molar-refractivity contribution in [2.45, 2.75) is 32.4 Å². The van der Waals surface area contributed by atoms with E-state index in [1.807, 2.05) is 12.1 Å². The number of halogens is 1. The first-order valence-corrected chi connectivity index (χ1v) is 7.70. The van der Waals surface area contributed by atoms with E-state index < -0.39 is 0 Å². The molecule has 1 aliphatic rings. The highest BCUT2D eigenvalue weighted by atomic mass is 79.9. The molecule has 0 radical (unpaired) electrons. The third kappa shape index (κ3) is 3.27. The Morgan fingerprint density at radius 1 is 1.58 bits per heavy atom. The fourth-order valence-corrected chi connectivity index (χ4v) is 2.96. The molecule has 2 atom stereocenters. The number of anilines is 1. The van der Waals surface area contributed by atoms with Crippen molar-refractivity contribution in [3.8, 4) is 0 Å². The molecular formula is C14H19BrN2OS. The first-order valence-electron chi connectivity index (χ1n) is 6.50. The van der Waals surface area contributed by atoms with Crippen molar-refractivity contribution in [3.05, 3.63) is 28.2 Å². The number of nitrogens with two attached hydrogens (primary N) is 1. The Morgan fingerprint density at radius 3 is 2.95 bits per heavy atom. The van der Waals surface area contributed by atoms with Crippen molar-refractivity contribution < 1.29 is 4.74 Å². The molecule has 1 aliphatic heterocycles. The van der Waals surface area contributed by atoms with Gasteiger partial charge in [-0.1, -0.05) is 35.1 Å². The zero-order chi connectivity index (χ0) is 14.0. The van der Waals surface area contributed by atoms with Gasteiger partial charge in [0.15, 0.2) is 0 Å². The summed E-state index contributed by atoms with van der Waals surface area (Å²) < 4.78 is 6.74. The smallest absolute Gasteiger partial charge is 0.106 e. The minimum Gasteiger partial charge on any atom is -0.389 e. The average molecular weight is 343 g/mol. The van der Waals surface area contributed by atoms with Gasteiger partial charge in [0.05, 0.1) is 18.8 Å². The Kier molecular flexibility index (Phi) is 4.81. The van der Waals surface area contributed by atoms with Crippen LogP contribution in [-0.4, -0.2) is 30.3 Å². The summed E-state index contributed by atoms with van der Waals surface area (Å²) in [6.45, 7) is 5.90. The van der Waals surface area contributed by atoms with Crippen molar-refractivity contribution in [2.75, 3.05) is 18.1 Å². The third-order valence-corrected chi connectivity index (χ3v) is 4.19. The number of morpholine rings is 1. The number of nitrogens with zero attached hydrogens (tertiary/aromatic N) is 1. The summed E-state index contributed by atoms with van der Waals surface area (Å²) in [7, 11) is 0. The van der Waals surface area contributed by atoms with Crippen molar-refractivity contribution in [3.63, 3.8) is 0 Å². The number of thiocarbonyl (C=S) groups is 1. The second-order valence-electron chi connectivity index (χ2n) is 4.88. The van der Waals surface area contributed by atoms with E-state index >= 15 is 0 Å². The molecule has 3 nitrogen and oxygen atoms in total. The van der Waals surface area contributed by atoms with Crippen molar-refractivity contribution in [1.82, 2.24) is 0 Å². The summed E-state index contributed by atoms with van der Waals surface area (Å²) in [6, 6.07) is 6.48. The molecule has 0 amide bonds. The Balaban J connectivity index is 2.40. The van der Waals surface area contributed by atoms with Crippen molar-refractivity contribution >= 4 is 38.8 Å². The number of rotatable bonds is 3. The zero-order valence-electron chi connectivity index (χ0n) is 11.2. The summed E-state index contributed by atoms with van der Waals surface area (Å²) in [5, 5.41) is 0. The van der Waals surface area contributed by atoms with Crippen molar-refractivity contribution in [1.29, 1.82) is 0 Å². The molecule has 104 valence electrons. The lowest BCUT2D eigenvalue weighted by Gasteiger charge is -2.40. The van der Waals surface area contributed by atoms with Crippen molar-refractivity contribution in [2.24, 2.45) is 5.73 Å². The molecule has 1 saturated heterocycles. The second-order valence-corrected chi connectivity index (χ2v) is 6.24. The minimum absolute atomic E-state index is 0.227. The topological polar surface area (TPSA) is 38.5 Å². The lowest BCUT2D eigenvalue weighted by atomic mass is 10.1. The Morgan fingerprint density at radius 2 is 2.32 bits per heavy atom. The highest BCUT2D eigenvalue weighted by Gasteiger charge is 2.27. The second kappa shape index (κ2) is 6.20. The normalized spacial score (nSPS) is 23.4. The van der Waals surface area contributed by atoms with Gasteiger partial charge in [0.25, 0.3) is 0 Å². The molecule has 1 aromatic rings. The standard InChI is InChI=1S/C14H19BrN2OS/c1-3-11-8-18-9(2)7-17(11)13-5-4-10(15)6-12(13)14(16)19/h4-6,9,11H,3,7-8H2,1-2H3,(H2,16,19). The molecule has 1 aromatic carbocycles. The quantitative estimate of drug-likeness (QED) is 0.856. The molecule has 5 heteroatoms. The highest BCUT2D eigenvalue weighted by molar-refractivity contribution is 9.10. The van der Waals surface area contributed by atoms with Crippen LogP contribution in [0.3, 0.4) is 0 Å². The molecule has 0 saturated carbocycles. The van der Waals surface area contributed by atoms with E-state index in [0.717, 1.165) is 35.3 Å². The summed E-state index contributed by atoms with van der Waals surface area (Å²) in [4.78, 5) is 2.81. The van der Waals surface area contributed by atoms with E-state index in [1.54, 1.807) is 0 Å². The number of hydrogen-bond acceptors (Lipinski definition) is 3. The van der Waals surface area contributed by atoms with Crippen LogP contribution in [0.4, 0.5) is 5.69 Å². The van der Waals surface area contributed by atoms with Crippen LogP contribution in [0.5, 0.6) is 0 Å². The van der Waals surface area contributed by atoms with Gasteiger partial charge in [0, 0.05) is 22.3 Å². The molecule has 1 fully saturated rings. The molecule has 0 aliphatic carbocycles. The highest BCUT2D eigenvalue weighted by Crippen LogP contribution is 2.29. The van der Waals surface area contributed by atoms with E-state index in [0.29, 0.717) is 11.0 Å². The molecular weight excluding hydrogens is 324 g/mol. The lowest BCUT2D eigenvalue weighted by Crippen LogP contribution is -2.49. The number of benzene rings is 1. The summed E-state index contributed by atoms with van der Waals surface area (Å²) in [5.74, 6) is 0. The van der Waals surface area contributed by atoms with E-state index in [4.69, 9.17) is 22.7 Å². The molecule has 2 N–H and O–H groups in total. The zero-order valence-corrected chi connectivity index (χ0v) is 13.6. The third-order valence-electron chi connectivity index (χ3n) is 3.47. The molecule has 0 aromatic heterocycles. The van der Waals surface area contributed by atoms with E-state index in [-0.39, 0.29) is 6.10 Å². The van der Waals surface area contributed by atoms with Crippen LogP contribution in [0.1, 0.15) is 25.8 Å². The fraction of sp³-hybridized carbons (Fsp3) is 0.500. The van der Waals surface area contributed by atoms with Crippen LogP contribution in [0.2, 0.25) is 0 Å². The Labute approximate surface area is 128 Å². The van der Waals surface area contributed by atoms with E-state index in [1.165, 1.54) is 0 Å². The largest absolute Gasteiger partial charge is 0.389 e. The van der Waals surface area contributed by atoms with Gasteiger partial charge < -0.3 is 15.4 Å². The summed E-state index contributed by atoms with van der Waals surface area (Å²) >= 11 is 8.66. The molecule has 19 heavy (non-hydrogen) atoms. The molecule has 0 bridgehead atoms.